The quantitative estimate of drug-likeness (QED) is 0.175. The van der Waals surface area contributed by atoms with Crippen molar-refractivity contribution in [2.75, 3.05) is 0 Å². The molecule has 3 nitrogen and oxygen atoms in total. The van der Waals surface area contributed by atoms with E-state index in [4.69, 9.17) is 14.2 Å². The number of hydrogen-bond acceptors (Lipinski definition) is 3. The first-order valence-corrected chi connectivity index (χ1v) is 16.0. The lowest BCUT2D eigenvalue weighted by Crippen LogP contribution is -1.99. The summed E-state index contributed by atoms with van der Waals surface area (Å²) in [6, 6.07) is 45.3. The molecule has 8 aromatic rings. The van der Waals surface area contributed by atoms with Crippen LogP contribution in [0.3, 0.4) is 0 Å². The molecule has 0 spiro atoms. The van der Waals surface area contributed by atoms with Gasteiger partial charge in [0, 0.05) is 10.8 Å². The molecule has 0 N–H and O–H groups in total. The third-order valence-electron chi connectivity index (χ3n) is 9.42. The molecule has 0 atom stereocenters. The van der Waals surface area contributed by atoms with Gasteiger partial charge in [0.2, 0.25) is 0 Å². The molecule has 0 unspecified atom stereocenters. The average molecular weight is 611 g/mol. The summed E-state index contributed by atoms with van der Waals surface area (Å²) in [6.45, 7) is 8.73. The maximum absolute atomic E-state index is 7.33. The van der Waals surface area contributed by atoms with Gasteiger partial charge in [-0.1, -0.05) is 97.1 Å². The van der Waals surface area contributed by atoms with Crippen LogP contribution in [-0.4, -0.2) is 0 Å². The highest BCUT2D eigenvalue weighted by Crippen LogP contribution is 2.51. The molecule has 0 saturated heterocycles. The van der Waals surface area contributed by atoms with Gasteiger partial charge in [0.1, 0.15) is 11.5 Å². The van der Waals surface area contributed by atoms with Crippen LogP contribution in [0.5, 0.6) is 34.5 Å². The number of ether oxygens (including phenoxy) is 3. The van der Waals surface area contributed by atoms with Gasteiger partial charge in [-0.2, -0.15) is 0 Å². The Morgan fingerprint density at radius 2 is 0.638 bits per heavy atom. The van der Waals surface area contributed by atoms with Gasteiger partial charge in [0.15, 0.2) is 23.0 Å². The summed E-state index contributed by atoms with van der Waals surface area (Å²) in [5, 5.41) is 9.14. The molecule has 0 saturated carbocycles. The molecule has 47 heavy (non-hydrogen) atoms. The largest absolute Gasteiger partial charge is 0.453 e. The van der Waals surface area contributed by atoms with Crippen LogP contribution in [0.1, 0.15) is 22.3 Å². The normalized spacial score (nSPS) is 11.4. The van der Waals surface area contributed by atoms with Crippen molar-refractivity contribution in [3.63, 3.8) is 0 Å². The third-order valence-corrected chi connectivity index (χ3v) is 9.42. The van der Waals surface area contributed by atoms with Gasteiger partial charge in [-0.05, 0) is 119 Å². The van der Waals surface area contributed by atoms with E-state index in [0.29, 0.717) is 23.0 Å². The van der Waals surface area contributed by atoms with E-state index < -0.39 is 0 Å². The fraction of sp³-hybridized carbons (Fsp3) is 0.0909. The fourth-order valence-electron chi connectivity index (χ4n) is 7.03. The zero-order chi connectivity index (χ0) is 32.1. The average Bonchev–Trinajstić information content (AvgIpc) is 3.11. The molecule has 0 heterocycles. The first kappa shape index (κ1) is 28.7. The van der Waals surface area contributed by atoms with Crippen molar-refractivity contribution >= 4 is 43.1 Å². The number of benzene rings is 8. The van der Waals surface area contributed by atoms with Crippen molar-refractivity contribution in [3.05, 3.63) is 156 Å². The smallest absolute Gasteiger partial charge is 0.178 e. The molecule has 3 heteroatoms. The zero-order valence-corrected chi connectivity index (χ0v) is 26.9. The molecule has 0 amide bonds. The number of hydrogen-bond donors (Lipinski definition) is 0. The minimum absolute atomic E-state index is 0.638. The molecule has 0 aromatic heterocycles. The van der Waals surface area contributed by atoms with Crippen LogP contribution >= 0.6 is 0 Å². The predicted octanol–water partition coefficient (Wildman–Crippen LogP) is 12.9. The topological polar surface area (TPSA) is 27.7 Å². The Hall–Kier alpha value is -5.80. The first-order chi connectivity index (χ1) is 23.0. The lowest BCUT2D eigenvalue weighted by Gasteiger charge is -2.22. The highest BCUT2D eigenvalue weighted by atomic mass is 16.5. The molecule has 0 aliphatic heterocycles. The molecule has 8 rings (SSSR count). The van der Waals surface area contributed by atoms with Crippen LogP contribution in [0.2, 0.25) is 0 Å². The van der Waals surface area contributed by atoms with Crippen molar-refractivity contribution in [2.24, 2.45) is 0 Å². The summed E-state index contributed by atoms with van der Waals surface area (Å²) in [6.07, 6.45) is 0. The molecule has 0 aliphatic carbocycles. The van der Waals surface area contributed by atoms with Crippen LogP contribution in [-0.2, 0) is 0 Å². The van der Waals surface area contributed by atoms with E-state index >= 15 is 0 Å². The first-order valence-electron chi connectivity index (χ1n) is 16.0. The van der Waals surface area contributed by atoms with Crippen LogP contribution < -0.4 is 14.2 Å². The van der Waals surface area contributed by atoms with Crippen molar-refractivity contribution < 1.29 is 14.2 Å². The monoisotopic (exact) mass is 610 g/mol. The van der Waals surface area contributed by atoms with Crippen molar-refractivity contribution in [3.8, 4) is 34.5 Å². The Labute approximate surface area is 274 Å². The van der Waals surface area contributed by atoms with E-state index in [1.807, 2.05) is 72.8 Å². The maximum Gasteiger partial charge on any atom is 0.178 e. The zero-order valence-electron chi connectivity index (χ0n) is 26.9. The molecule has 228 valence electrons. The summed E-state index contributed by atoms with van der Waals surface area (Å²) in [4.78, 5) is 0. The molecule has 0 bridgehead atoms. The van der Waals surface area contributed by atoms with Crippen molar-refractivity contribution in [2.45, 2.75) is 27.7 Å². The van der Waals surface area contributed by atoms with E-state index in [1.165, 1.54) is 32.7 Å². The van der Waals surface area contributed by atoms with Gasteiger partial charge in [-0.3, -0.25) is 0 Å². The minimum Gasteiger partial charge on any atom is -0.453 e. The van der Waals surface area contributed by atoms with Crippen LogP contribution in [0.15, 0.2) is 133 Å². The fourth-order valence-corrected chi connectivity index (χ4v) is 7.03. The summed E-state index contributed by atoms with van der Waals surface area (Å²) in [5.41, 5.74) is 4.68. The van der Waals surface area contributed by atoms with E-state index in [1.54, 1.807) is 0 Å². The molecule has 0 fully saturated rings. The minimum atomic E-state index is 0.638. The van der Waals surface area contributed by atoms with E-state index in [-0.39, 0.29) is 0 Å². The summed E-state index contributed by atoms with van der Waals surface area (Å²) < 4.78 is 20.6. The summed E-state index contributed by atoms with van der Waals surface area (Å²) in [7, 11) is 0. The molecular weight excluding hydrogens is 576 g/mol. The summed E-state index contributed by atoms with van der Waals surface area (Å²) in [5.74, 6) is 4.08. The van der Waals surface area contributed by atoms with Crippen molar-refractivity contribution in [1.82, 2.24) is 0 Å². The number of fused-ring (bicyclic) bond motifs is 4. The van der Waals surface area contributed by atoms with Gasteiger partial charge in [-0.25, -0.2) is 0 Å². The van der Waals surface area contributed by atoms with E-state index in [0.717, 1.165) is 44.2 Å². The van der Waals surface area contributed by atoms with Gasteiger partial charge >= 0.3 is 0 Å². The predicted molar refractivity (Wildman–Crippen MR) is 195 cm³/mol. The molecule has 0 radical (unpaired) electrons. The van der Waals surface area contributed by atoms with Crippen LogP contribution in [0.4, 0.5) is 0 Å². The Kier molecular flexibility index (Phi) is 7.03. The number of para-hydroxylation sites is 2. The lowest BCUT2D eigenvalue weighted by atomic mass is 9.91. The van der Waals surface area contributed by atoms with Gasteiger partial charge in [0.25, 0.3) is 0 Å². The van der Waals surface area contributed by atoms with Gasteiger partial charge < -0.3 is 14.2 Å². The Morgan fingerprint density at radius 1 is 0.298 bits per heavy atom. The Bertz CT molecular complexity index is 2290. The van der Waals surface area contributed by atoms with Gasteiger partial charge in [0.05, 0.1) is 0 Å². The van der Waals surface area contributed by atoms with Crippen molar-refractivity contribution in [1.29, 1.82) is 0 Å². The second-order valence-corrected chi connectivity index (χ2v) is 12.2. The van der Waals surface area contributed by atoms with Gasteiger partial charge in [-0.15, -0.1) is 0 Å². The second-order valence-electron chi connectivity index (χ2n) is 12.2. The highest BCUT2D eigenvalue weighted by Gasteiger charge is 2.24. The Morgan fingerprint density at radius 3 is 1.02 bits per heavy atom. The Balaban J connectivity index is 1.46. The maximum atomic E-state index is 7.33. The number of aryl methyl sites for hydroxylation is 4. The molecular formula is C44H34O3. The molecule has 0 aliphatic rings. The third kappa shape index (κ3) is 4.83. The van der Waals surface area contributed by atoms with Crippen LogP contribution in [0.25, 0.3) is 43.1 Å². The highest BCUT2D eigenvalue weighted by molar-refractivity contribution is 6.11. The second kappa shape index (κ2) is 11.5. The van der Waals surface area contributed by atoms with Crippen LogP contribution in [0, 0.1) is 27.7 Å². The van der Waals surface area contributed by atoms with E-state index in [2.05, 4.69) is 88.4 Å². The summed E-state index contributed by atoms with van der Waals surface area (Å²) >= 11 is 0. The standard InChI is InChI=1S/C44H34O3/c1-27-33-19-11-13-21-35(33)29(3)41-37(27)23-25-39(45-31-15-7-5-8-16-31)43(41)47-44-40(46-32-17-9-6-10-18-32)26-24-38-28(2)34-20-12-14-22-36(34)30(4)42(38)44/h5-26H,1-4H3. The SMILES string of the molecule is Cc1c2ccccc2c(C)c2c(Oc3c(Oc4ccccc4)ccc4c(C)c5ccccc5c(C)c34)c(Oc3ccccc3)ccc12. The lowest BCUT2D eigenvalue weighted by molar-refractivity contribution is 0.400. The molecule has 8 aromatic carbocycles. The number of rotatable bonds is 6. The van der Waals surface area contributed by atoms with E-state index in [9.17, 15) is 0 Å².